The third kappa shape index (κ3) is 5.13. The van der Waals surface area contributed by atoms with Crippen LogP contribution in [0.5, 0.6) is 0 Å². The van der Waals surface area contributed by atoms with E-state index in [1.54, 1.807) is 6.92 Å². The summed E-state index contributed by atoms with van der Waals surface area (Å²) in [6.07, 6.45) is 0.568. The zero-order chi connectivity index (χ0) is 16.2. The third-order valence-corrected chi connectivity index (χ3v) is 4.73. The summed E-state index contributed by atoms with van der Waals surface area (Å²) in [5.74, 6) is -0.675. The SMILES string of the molecule is Cc1noc(C)c1S(=O)(=O)NC[C@H](CC(=O)O)CC(C)C. The second kappa shape index (κ2) is 7.04. The highest BCUT2D eigenvalue weighted by Crippen LogP contribution is 2.20. The van der Waals surface area contributed by atoms with E-state index in [1.165, 1.54) is 6.92 Å². The van der Waals surface area contributed by atoms with E-state index >= 15 is 0 Å². The molecule has 0 radical (unpaired) electrons. The molecule has 0 saturated heterocycles. The maximum Gasteiger partial charge on any atom is 0.303 e. The van der Waals surface area contributed by atoms with Crippen LogP contribution in [0, 0.1) is 25.7 Å². The minimum absolute atomic E-state index is 0.0288. The number of carboxylic acid groups (broad SMARTS) is 1. The first-order valence-corrected chi connectivity index (χ1v) is 8.26. The van der Waals surface area contributed by atoms with Gasteiger partial charge in [0.05, 0.1) is 0 Å². The summed E-state index contributed by atoms with van der Waals surface area (Å²) in [7, 11) is -3.74. The Kier molecular flexibility index (Phi) is 5.91. The molecular formula is C13H22N2O5S. The van der Waals surface area contributed by atoms with Crippen molar-refractivity contribution in [3.63, 3.8) is 0 Å². The lowest BCUT2D eigenvalue weighted by Crippen LogP contribution is -2.31. The van der Waals surface area contributed by atoms with E-state index in [0.29, 0.717) is 12.1 Å². The molecule has 1 atom stereocenters. The molecule has 1 aromatic heterocycles. The predicted molar refractivity (Wildman–Crippen MR) is 76.4 cm³/mol. The fourth-order valence-corrected chi connectivity index (χ4v) is 3.75. The van der Waals surface area contributed by atoms with Gasteiger partial charge in [0.15, 0.2) is 5.76 Å². The Morgan fingerprint density at radius 2 is 2.00 bits per heavy atom. The smallest absolute Gasteiger partial charge is 0.303 e. The Hall–Kier alpha value is -1.41. The first-order valence-electron chi connectivity index (χ1n) is 6.77. The summed E-state index contributed by atoms with van der Waals surface area (Å²) >= 11 is 0. The van der Waals surface area contributed by atoms with Gasteiger partial charge in [0, 0.05) is 13.0 Å². The average Bonchev–Trinajstić information content (AvgIpc) is 2.65. The molecule has 0 unspecified atom stereocenters. The third-order valence-electron chi connectivity index (χ3n) is 3.07. The number of nitrogens with one attached hydrogen (secondary N) is 1. The van der Waals surface area contributed by atoms with Crippen LogP contribution in [0.2, 0.25) is 0 Å². The lowest BCUT2D eigenvalue weighted by molar-refractivity contribution is -0.138. The van der Waals surface area contributed by atoms with E-state index in [1.807, 2.05) is 13.8 Å². The van der Waals surface area contributed by atoms with Crippen molar-refractivity contribution in [2.45, 2.75) is 45.4 Å². The molecule has 0 aliphatic carbocycles. The van der Waals surface area contributed by atoms with Crippen LogP contribution >= 0.6 is 0 Å². The monoisotopic (exact) mass is 318 g/mol. The molecule has 0 aromatic carbocycles. The van der Waals surface area contributed by atoms with Crippen LogP contribution in [0.15, 0.2) is 9.42 Å². The standard InChI is InChI=1S/C13H22N2O5S/c1-8(2)5-11(6-12(16)17)7-14-21(18,19)13-9(3)15-20-10(13)4/h8,11,14H,5-7H2,1-4H3,(H,16,17)/t11-/m0/s1. The number of rotatable bonds is 8. The van der Waals surface area contributed by atoms with Crippen molar-refractivity contribution in [1.29, 1.82) is 0 Å². The molecule has 8 heteroatoms. The van der Waals surface area contributed by atoms with E-state index in [-0.39, 0.29) is 35.5 Å². The molecule has 1 heterocycles. The summed E-state index contributed by atoms with van der Waals surface area (Å²) in [5.41, 5.74) is 0.290. The Labute approximate surface area is 124 Å². The molecule has 21 heavy (non-hydrogen) atoms. The van der Waals surface area contributed by atoms with Gasteiger partial charge >= 0.3 is 5.97 Å². The number of sulfonamides is 1. The fraction of sp³-hybridized carbons (Fsp3) is 0.692. The van der Waals surface area contributed by atoms with E-state index < -0.39 is 16.0 Å². The number of aryl methyl sites for hydroxylation is 2. The van der Waals surface area contributed by atoms with Gasteiger partial charge in [-0.15, -0.1) is 0 Å². The predicted octanol–water partition coefficient (Wildman–Crippen LogP) is 1.71. The lowest BCUT2D eigenvalue weighted by atomic mass is 9.94. The lowest BCUT2D eigenvalue weighted by Gasteiger charge is -2.17. The van der Waals surface area contributed by atoms with Crippen LogP contribution < -0.4 is 4.72 Å². The van der Waals surface area contributed by atoms with Crippen LogP contribution in [-0.2, 0) is 14.8 Å². The Bertz CT molecular complexity index is 572. The molecule has 0 aliphatic rings. The molecule has 0 bridgehead atoms. The van der Waals surface area contributed by atoms with Crippen LogP contribution in [-0.4, -0.2) is 31.2 Å². The van der Waals surface area contributed by atoms with Gasteiger partial charge < -0.3 is 9.63 Å². The topological polar surface area (TPSA) is 110 Å². The van der Waals surface area contributed by atoms with Crippen molar-refractivity contribution >= 4 is 16.0 Å². The number of carboxylic acids is 1. The molecule has 7 nitrogen and oxygen atoms in total. The molecule has 0 aliphatic heterocycles. The minimum atomic E-state index is -3.74. The largest absolute Gasteiger partial charge is 0.481 e. The zero-order valence-electron chi connectivity index (χ0n) is 12.7. The molecule has 1 rings (SSSR count). The average molecular weight is 318 g/mol. The van der Waals surface area contributed by atoms with Gasteiger partial charge in [-0.05, 0) is 32.1 Å². The summed E-state index contributed by atoms with van der Waals surface area (Å²) in [6.45, 7) is 7.09. The number of hydrogen-bond donors (Lipinski definition) is 2. The summed E-state index contributed by atoms with van der Waals surface area (Å²) in [4.78, 5) is 10.9. The van der Waals surface area contributed by atoms with E-state index in [4.69, 9.17) is 9.63 Å². The highest BCUT2D eigenvalue weighted by atomic mass is 32.2. The van der Waals surface area contributed by atoms with Gasteiger partial charge in [-0.25, -0.2) is 13.1 Å². The van der Waals surface area contributed by atoms with Crippen LogP contribution in [0.3, 0.4) is 0 Å². The van der Waals surface area contributed by atoms with Gasteiger partial charge in [0.25, 0.3) is 0 Å². The number of aromatic nitrogens is 1. The van der Waals surface area contributed by atoms with Crippen molar-refractivity contribution in [2.24, 2.45) is 11.8 Å². The molecule has 0 fully saturated rings. The highest BCUT2D eigenvalue weighted by molar-refractivity contribution is 7.89. The second-order valence-corrected chi connectivity index (χ2v) is 7.30. The van der Waals surface area contributed by atoms with Crippen molar-refractivity contribution in [3.05, 3.63) is 11.5 Å². The van der Waals surface area contributed by atoms with E-state index in [9.17, 15) is 13.2 Å². The summed E-state index contributed by atoms with van der Waals surface area (Å²) < 4.78 is 31.8. The van der Waals surface area contributed by atoms with Crippen molar-refractivity contribution in [2.75, 3.05) is 6.54 Å². The molecule has 0 saturated carbocycles. The maximum atomic E-state index is 12.3. The van der Waals surface area contributed by atoms with Crippen LogP contribution in [0.4, 0.5) is 0 Å². The maximum absolute atomic E-state index is 12.3. The second-order valence-electron chi connectivity index (χ2n) is 5.60. The van der Waals surface area contributed by atoms with Gasteiger partial charge in [0.1, 0.15) is 10.6 Å². The molecule has 0 spiro atoms. The molecule has 0 amide bonds. The minimum Gasteiger partial charge on any atom is -0.481 e. The molecule has 2 N–H and O–H groups in total. The number of aliphatic carboxylic acids is 1. The van der Waals surface area contributed by atoms with E-state index in [0.717, 1.165) is 0 Å². The van der Waals surface area contributed by atoms with Crippen LogP contribution in [0.25, 0.3) is 0 Å². The molecular weight excluding hydrogens is 296 g/mol. The van der Waals surface area contributed by atoms with Crippen molar-refractivity contribution < 1.29 is 22.8 Å². The highest BCUT2D eigenvalue weighted by Gasteiger charge is 2.25. The summed E-state index contributed by atoms with van der Waals surface area (Å²) in [6, 6.07) is 0. The van der Waals surface area contributed by atoms with Crippen molar-refractivity contribution in [1.82, 2.24) is 9.88 Å². The first-order chi connectivity index (χ1) is 9.63. The normalized spacial score (nSPS) is 13.6. The Morgan fingerprint density at radius 3 is 2.43 bits per heavy atom. The Balaban J connectivity index is 2.81. The number of carbonyl (C=O) groups is 1. The van der Waals surface area contributed by atoms with Crippen molar-refractivity contribution in [3.8, 4) is 0 Å². The zero-order valence-corrected chi connectivity index (χ0v) is 13.5. The quantitative estimate of drug-likeness (QED) is 0.755. The summed E-state index contributed by atoms with van der Waals surface area (Å²) in [5, 5.41) is 12.5. The van der Waals surface area contributed by atoms with E-state index in [2.05, 4.69) is 9.88 Å². The number of nitrogens with zero attached hydrogens (tertiary/aromatic N) is 1. The fourth-order valence-electron chi connectivity index (χ4n) is 2.31. The van der Waals surface area contributed by atoms with Crippen LogP contribution in [0.1, 0.15) is 38.1 Å². The van der Waals surface area contributed by atoms with Gasteiger partial charge in [-0.3, -0.25) is 4.79 Å². The Morgan fingerprint density at radius 1 is 1.38 bits per heavy atom. The molecule has 120 valence electrons. The molecule has 1 aromatic rings. The van der Waals surface area contributed by atoms with Gasteiger partial charge in [0.2, 0.25) is 10.0 Å². The number of hydrogen-bond acceptors (Lipinski definition) is 5. The van der Waals surface area contributed by atoms with Gasteiger partial charge in [-0.2, -0.15) is 0 Å². The van der Waals surface area contributed by atoms with Gasteiger partial charge in [-0.1, -0.05) is 19.0 Å². The first kappa shape index (κ1) is 17.6.